The molecule has 2 aliphatic heterocycles. The molecule has 39 heavy (non-hydrogen) atoms. The number of alkyl halides is 6. The second-order valence-corrected chi connectivity index (χ2v) is 11.7. The number of carbonyl (C=O) groups is 1. The van der Waals surface area contributed by atoms with Crippen LogP contribution in [0, 0.1) is 0 Å². The maximum Gasteiger partial charge on any atom is 0.490 e. The summed E-state index contributed by atoms with van der Waals surface area (Å²) in [5.41, 5.74) is -2.71. The third kappa shape index (κ3) is 6.04. The fraction of sp³-hybridized carbons (Fsp3) is 0.458. The number of esters is 1. The van der Waals surface area contributed by atoms with Crippen LogP contribution in [0.5, 0.6) is 0 Å². The highest BCUT2D eigenvalue weighted by Crippen LogP contribution is 2.41. The van der Waals surface area contributed by atoms with Gasteiger partial charge in [-0.25, -0.2) is 13.2 Å². The monoisotopic (exact) mass is 600 g/mol. The van der Waals surface area contributed by atoms with Crippen molar-refractivity contribution in [2.45, 2.75) is 47.8 Å². The van der Waals surface area contributed by atoms with Gasteiger partial charge in [0.1, 0.15) is 5.60 Å². The molecule has 1 unspecified atom stereocenters. The number of aliphatic hydroxyl groups is 1. The second-order valence-electron chi connectivity index (χ2n) is 9.38. The summed E-state index contributed by atoms with van der Waals surface area (Å²) in [7, 11) is -4.64. The average Bonchev–Trinajstić information content (AvgIpc) is 3.26. The Bertz CT molecular complexity index is 1310. The van der Waals surface area contributed by atoms with Gasteiger partial charge in [0.05, 0.1) is 22.6 Å². The Morgan fingerprint density at radius 1 is 0.974 bits per heavy atom. The van der Waals surface area contributed by atoms with Gasteiger partial charge >= 0.3 is 18.3 Å². The second kappa shape index (κ2) is 10.5. The Hall–Kier alpha value is -2.39. The predicted molar refractivity (Wildman–Crippen MR) is 126 cm³/mol. The molecular formula is C24H23ClF6N2O5S. The number of carbonyl (C=O) groups excluding carboxylic acids is 1. The van der Waals surface area contributed by atoms with Gasteiger partial charge < -0.3 is 9.84 Å². The summed E-state index contributed by atoms with van der Waals surface area (Å²) in [4.78, 5) is 12.5. The molecule has 2 heterocycles. The number of piperidine rings is 1. The summed E-state index contributed by atoms with van der Waals surface area (Å²) in [6.45, 7) is -0.807. The zero-order valence-electron chi connectivity index (χ0n) is 20.0. The van der Waals surface area contributed by atoms with Gasteiger partial charge in [-0.05, 0) is 29.8 Å². The van der Waals surface area contributed by atoms with Crippen molar-refractivity contribution in [3.8, 4) is 0 Å². The summed E-state index contributed by atoms with van der Waals surface area (Å²) in [6, 6.07) is 8.64. The Morgan fingerprint density at radius 2 is 1.56 bits per heavy atom. The van der Waals surface area contributed by atoms with Crippen molar-refractivity contribution in [1.82, 2.24) is 9.21 Å². The number of hydrogen-bond acceptors (Lipinski definition) is 6. The zero-order valence-corrected chi connectivity index (χ0v) is 21.6. The predicted octanol–water partition coefficient (Wildman–Crippen LogP) is 4.19. The third-order valence-electron chi connectivity index (χ3n) is 7.00. The number of nitrogens with zero attached hydrogens (tertiary/aromatic N) is 2. The summed E-state index contributed by atoms with van der Waals surface area (Å²) in [6.07, 6.45) is -11.7. The van der Waals surface area contributed by atoms with Crippen molar-refractivity contribution in [1.29, 1.82) is 0 Å². The number of hydrogen-bond donors (Lipinski definition) is 1. The number of rotatable bonds is 5. The van der Waals surface area contributed by atoms with E-state index >= 15 is 0 Å². The van der Waals surface area contributed by atoms with Gasteiger partial charge in [0, 0.05) is 44.0 Å². The van der Waals surface area contributed by atoms with Gasteiger partial charge in [-0.2, -0.15) is 30.6 Å². The van der Waals surface area contributed by atoms with E-state index < -0.39 is 63.1 Å². The van der Waals surface area contributed by atoms with Crippen molar-refractivity contribution >= 4 is 27.6 Å². The van der Waals surface area contributed by atoms with Crippen LogP contribution in [0.2, 0.25) is 5.02 Å². The van der Waals surface area contributed by atoms with Crippen LogP contribution in [0.15, 0.2) is 53.4 Å². The van der Waals surface area contributed by atoms with Crippen LogP contribution in [-0.4, -0.2) is 73.2 Å². The first-order valence-corrected chi connectivity index (χ1v) is 13.5. The molecule has 2 aromatic carbocycles. The maximum absolute atomic E-state index is 13.5. The Balaban J connectivity index is 1.54. The van der Waals surface area contributed by atoms with E-state index in [0.717, 1.165) is 22.5 Å². The Kier molecular flexibility index (Phi) is 8.00. The normalized spacial score (nSPS) is 23.1. The molecule has 0 saturated carbocycles. The minimum absolute atomic E-state index is 0.00250. The molecule has 1 N–H and O–H groups in total. The fourth-order valence-electron chi connectivity index (χ4n) is 5.01. The van der Waals surface area contributed by atoms with Gasteiger partial charge in [0.2, 0.25) is 10.0 Å². The number of sulfonamides is 1. The number of ether oxygens (including phenoxy) is 1. The van der Waals surface area contributed by atoms with Crippen LogP contribution in [0.25, 0.3) is 0 Å². The quantitative estimate of drug-likeness (QED) is 0.409. The van der Waals surface area contributed by atoms with Crippen LogP contribution in [0.4, 0.5) is 26.3 Å². The van der Waals surface area contributed by atoms with Crippen LogP contribution < -0.4 is 0 Å². The van der Waals surface area contributed by atoms with E-state index in [1.807, 2.05) is 0 Å². The van der Waals surface area contributed by atoms with Crippen LogP contribution in [0.3, 0.4) is 0 Å². The van der Waals surface area contributed by atoms with E-state index in [-0.39, 0.29) is 38.0 Å². The number of halogens is 7. The lowest BCUT2D eigenvalue weighted by atomic mass is 9.83. The molecule has 0 aliphatic carbocycles. The number of benzene rings is 2. The molecule has 0 spiro atoms. The van der Waals surface area contributed by atoms with E-state index in [2.05, 4.69) is 0 Å². The molecule has 15 heteroatoms. The molecule has 214 valence electrons. The number of β-amino-alcohol motifs (C(OH)–C–C–N with tert-alkyl or cyclic N) is 1. The minimum atomic E-state index is -5.24. The first-order chi connectivity index (χ1) is 18.0. The topological polar surface area (TPSA) is 87.2 Å². The lowest BCUT2D eigenvalue weighted by molar-refractivity contribution is -0.220. The fourth-order valence-corrected chi connectivity index (χ4v) is 6.82. The molecule has 2 aliphatic rings. The van der Waals surface area contributed by atoms with Crippen LogP contribution in [-0.2, 0) is 31.3 Å². The van der Waals surface area contributed by atoms with Gasteiger partial charge in [0.25, 0.3) is 0 Å². The molecule has 0 amide bonds. The molecule has 0 aromatic heterocycles. The highest BCUT2D eigenvalue weighted by Gasteiger charge is 2.51. The number of likely N-dealkylation sites (tertiary alicyclic amines) is 1. The van der Waals surface area contributed by atoms with Crippen molar-refractivity contribution in [3.05, 3.63) is 64.7 Å². The molecule has 2 atom stereocenters. The Morgan fingerprint density at radius 3 is 2.13 bits per heavy atom. The molecule has 4 rings (SSSR count). The largest absolute Gasteiger partial charge is 0.490 e. The van der Waals surface area contributed by atoms with Crippen molar-refractivity contribution < 1.29 is 49.4 Å². The summed E-state index contributed by atoms with van der Waals surface area (Å²) < 4.78 is 112. The number of aliphatic hydroxyl groups excluding tert-OH is 1. The molecule has 2 saturated heterocycles. The van der Waals surface area contributed by atoms with Gasteiger partial charge in [-0.15, -0.1) is 0 Å². The van der Waals surface area contributed by atoms with E-state index in [1.165, 1.54) is 24.3 Å². The maximum atomic E-state index is 13.5. The van der Waals surface area contributed by atoms with E-state index in [1.54, 1.807) is 4.90 Å². The third-order valence-corrected chi connectivity index (χ3v) is 9.14. The summed E-state index contributed by atoms with van der Waals surface area (Å²) in [5.74, 6) is -2.37. The summed E-state index contributed by atoms with van der Waals surface area (Å²) in [5, 5.41) is 11.0. The molecule has 0 radical (unpaired) electrons. The van der Waals surface area contributed by atoms with Crippen molar-refractivity contribution in [3.63, 3.8) is 0 Å². The zero-order chi connectivity index (χ0) is 28.8. The average molecular weight is 601 g/mol. The molecule has 0 bridgehead atoms. The first kappa shape index (κ1) is 29.6. The van der Waals surface area contributed by atoms with Crippen molar-refractivity contribution in [2.75, 3.05) is 26.2 Å². The van der Waals surface area contributed by atoms with Gasteiger partial charge in [0.15, 0.2) is 0 Å². The molecular weight excluding hydrogens is 578 g/mol. The Labute approximate surface area is 225 Å². The van der Waals surface area contributed by atoms with Crippen LogP contribution in [0.1, 0.15) is 24.0 Å². The highest BCUT2D eigenvalue weighted by atomic mass is 35.5. The van der Waals surface area contributed by atoms with Crippen LogP contribution >= 0.6 is 11.6 Å². The van der Waals surface area contributed by atoms with E-state index in [0.29, 0.717) is 11.1 Å². The SMILES string of the molecule is O=C(OC1(c2ccc(Cl)cc2)CCN([C@H]2CN(S(=O)(=O)c3ccccc3C(F)(F)F)CC2O)CC1)C(F)(F)F. The first-order valence-electron chi connectivity index (χ1n) is 11.7. The van der Waals surface area contributed by atoms with E-state index in [4.69, 9.17) is 16.3 Å². The van der Waals surface area contributed by atoms with Gasteiger partial charge in [-0.1, -0.05) is 35.9 Å². The summed E-state index contributed by atoms with van der Waals surface area (Å²) >= 11 is 5.89. The standard InChI is InChI=1S/C24H23ClF6N2O5S/c25-16-7-5-15(6-8-16)22(38-21(35)24(29,30)31)9-11-32(12-10-22)18-13-33(14-19(18)34)39(36,37)20-4-2-1-3-17(20)23(26,27)28/h1-8,18-19,34H,9-14H2/t18-,19?/m0/s1. The molecule has 2 aromatic rings. The molecule has 7 nitrogen and oxygen atoms in total. The van der Waals surface area contributed by atoms with Crippen molar-refractivity contribution in [2.24, 2.45) is 0 Å². The minimum Gasteiger partial charge on any atom is -0.447 e. The van der Waals surface area contributed by atoms with Gasteiger partial charge in [-0.3, -0.25) is 4.90 Å². The van der Waals surface area contributed by atoms with E-state index in [9.17, 15) is 44.7 Å². The lowest BCUT2D eigenvalue weighted by Crippen LogP contribution is -2.52. The lowest BCUT2D eigenvalue weighted by Gasteiger charge is -2.44. The highest BCUT2D eigenvalue weighted by molar-refractivity contribution is 7.89. The smallest absolute Gasteiger partial charge is 0.447 e. The molecule has 2 fully saturated rings.